The largest absolute Gasteiger partial charge is 0.478 e. The fraction of sp³-hybridized carbons (Fsp3) is 0.188. The lowest BCUT2D eigenvalue weighted by Gasteiger charge is -2.32. The van der Waals surface area contributed by atoms with Crippen molar-refractivity contribution in [2.75, 3.05) is 11.4 Å². The summed E-state index contributed by atoms with van der Waals surface area (Å²) in [7, 11) is 0. The first-order valence-corrected chi connectivity index (χ1v) is 6.93. The molecule has 3 rings (SSSR count). The molecule has 0 bridgehead atoms. The average molecular weight is 288 g/mol. The molecule has 0 aliphatic carbocycles. The van der Waals surface area contributed by atoms with E-state index in [0.29, 0.717) is 10.7 Å². The summed E-state index contributed by atoms with van der Waals surface area (Å²) in [4.78, 5) is 13.5. The van der Waals surface area contributed by atoms with Gasteiger partial charge in [-0.25, -0.2) is 4.79 Å². The topological polar surface area (TPSA) is 40.5 Å². The summed E-state index contributed by atoms with van der Waals surface area (Å²) < 4.78 is 0. The van der Waals surface area contributed by atoms with Crippen LogP contribution in [0.2, 0.25) is 5.02 Å². The summed E-state index contributed by atoms with van der Waals surface area (Å²) in [5.41, 5.74) is 3.27. The van der Waals surface area contributed by atoms with Crippen molar-refractivity contribution in [1.82, 2.24) is 0 Å². The highest BCUT2D eigenvalue weighted by atomic mass is 35.5. The Bertz CT molecular complexity index is 669. The van der Waals surface area contributed by atoms with Gasteiger partial charge in [0, 0.05) is 17.3 Å². The number of anilines is 2. The smallest absolute Gasteiger partial charge is 0.337 e. The van der Waals surface area contributed by atoms with Gasteiger partial charge in [-0.05, 0) is 42.7 Å². The molecule has 0 atom stereocenters. The third-order valence-corrected chi connectivity index (χ3v) is 3.83. The molecule has 0 spiro atoms. The van der Waals surface area contributed by atoms with E-state index in [9.17, 15) is 9.90 Å². The van der Waals surface area contributed by atoms with Crippen molar-refractivity contribution < 1.29 is 9.90 Å². The molecule has 3 nitrogen and oxygen atoms in total. The van der Waals surface area contributed by atoms with Gasteiger partial charge in [-0.3, -0.25) is 0 Å². The SMILES string of the molecule is O=C(O)c1ccc(Cl)cc1N1CCCc2ccccc21. The Labute approximate surface area is 122 Å². The summed E-state index contributed by atoms with van der Waals surface area (Å²) >= 11 is 6.05. The minimum atomic E-state index is -0.931. The summed E-state index contributed by atoms with van der Waals surface area (Å²) in [6.07, 6.45) is 2.03. The van der Waals surface area contributed by atoms with Crippen molar-refractivity contribution in [2.45, 2.75) is 12.8 Å². The van der Waals surface area contributed by atoms with Crippen molar-refractivity contribution in [3.05, 3.63) is 58.6 Å². The number of nitrogens with zero attached hydrogens (tertiary/aromatic N) is 1. The van der Waals surface area contributed by atoms with Crippen LogP contribution >= 0.6 is 11.6 Å². The second-order valence-electron chi connectivity index (χ2n) is 4.85. The van der Waals surface area contributed by atoms with Crippen LogP contribution in [0.25, 0.3) is 0 Å². The number of hydrogen-bond acceptors (Lipinski definition) is 2. The molecule has 102 valence electrons. The van der Waals surface area contributed by atoms with Gasteiger partial charge in [-0.2, -0.15) is 0 Å². The van der Waals surface area contributed by atoms with Crippen molar-refractivity contribution in [3.8, 4) is 0 Å². The fourth-order valence-corrected chi connectivity index (χ4v) is 2.86. The predicted molar refractivity (Wildman–Crippen MR) is 80.2 cm³/mol. The first-order chi connectivity index (χ1) is 9.66. The third-order valence-electron chi connectivity index (χ3n) is 3.59. The van der Waals surface area contributed by atoms with Crippen LogP contribution < -0.4 is 4.90 Å². The van der Waals surface area contributed by atoms with Gasteiger partial charge in [0.1, 0.15) is 0 Å². The number of halogens is 1. The Morgan fingerprint density at radius 1 is 1.15 bits per heavy atom. The number of aryl methyl sites for hydroxylation is 1. The van der Waals surface area contributed by atoms with Crippen LogP contribution in [0, 0.1) is 0 Å². The maximum atomic E-state index is 11.4. The molecular formula is C16H14ClNO2. The Balaban J connectivity index is 2.15. The number of hydrogen-bond donors (Lipinski definition) is 1. The van der Waals surface area contributed by atoms with E-state index in [4.69, 9.17) is 11.6 Å². The molecular weight excluding hydrogens is 274 g/mol. The van der Waals surface area contributed by atoms with Gasteiger partial charge in [-0.15, -0.1) is 0 Å². The van der Waals surface area contributed by atoms with Crippen LogP contribution in [0.1, 0.15) is 22.3 Å². The van der Waals surface area contributed by atoms with Gasteiger partial charge < -0.3 is 10.0 Å². The van der Waals surface area contributed by atoms with E-state index < -0.39 is 5.97 Å². The minimum absolute atomic E-state index is 0.283. The number of benzene rings is 2. The van der Waals surface area contributed by atoms with Gasteiger partial charge >= 0.3 is 5.97 Å². The van der Waals surface area contributed by atoms with Gasteiger partial charge in [-0.1, -0.05) is 29.8 Å². The maximum Gasteiger partial charge on any atom is 0.337 e. The van der Waals surface area contributed by atoms with Gasteiger partial charge in [0.15, 0.2) is 0 Å². The molecule has 1 aliphatic rings. The first kappa shape index (κ1) is 13.0. The van der Waals surface area contributed by atoms with Crippen LogP contribution in [0.15, 0.2) is 42.5 Å². The molecule has 0 fully saturated rings. The van der Waals surface area contributed by atoms with Crippen molar-refractivity contribution in [3.63, 3.8) is 0 Å². The molecule has 20 heavy (non-hydrogen) atoms. The molecule has 0 saturated carbocycles. The predicted octanol–water partition coefficient (Wildman–Crippen LogP) is 4.12. The molecule has 2 aromatic carbocycles. The number of para-hydroxylation sites is 1. The first-order valence-electron chi connectivity index (χ1n) is 6.55. The monoisotopic (exact) mass is 287 g/mol. The van der Waals surface area contributed by atoms with Crippen LogP contribution in [0.3, 0.4) is 0 Å². The number of carboxylic acids is 1. The molecule has 0 saturated heterocycles. The number of carbonyl (C=O) groups is 1. The lowest BCUT2D eigenvalue weighted by atomic mass is 10.00. The molecule has 0 radical (unpaired) electrons. The van der Waals surface area contributed by atoms with E-state index in [1.54, 1.807) is 18.2 Å². The highest BCUT2D eigenvalue weighted by molar-refractivity contribution is 6.31. The van der Waals surface area contributed by atoms with E-state index in [1.807, 2.05) is 23.1 Å². The van der Waals surface area contributed by atoms with E-state index in [0.717, 1.165) is 25.1 Å². The molecule has 1 heterocycles. The van der Waals surface area contributed by atoms with E-state index in [1.165, 1.54) is 5.56 Å². The average Bonchev–Trinajstić information content (AvgIpc) is 2.46. The zero-order valence-electron chi connectivity index (χ0n) is 10.8. The molecule has 0 amide bonds. The summed E-state index contributed by atoms with van der Waals surface area (Å²) in [6.45, 7) is 0.803. The number of carboxylic acid groups (broad SMARTS) is 1. The minimum Gasteiger partial charge on any atom is -0.478 e. The van der Waals surface area contributed by atoms with Crippen molar-refractivity contribution in [1.29, 1.82) is 0 Å². The zero-order valence-corrected chi connectivity index (χ0v) is 11.6. The second kappa shape index (κ2) is 5.17. The summed E-state index contributed by atoms with van der Waals surface area (Å²) in [5.74, 6) is -0.931. The van der Waals surface area contributed by atoms with Crippen molar-refractivity contribution >= 4 is 28.9 Å². The molecule has 1 N–H and O–H groups in total. The second-order valence-corrected chi connectivity index (χ2v) is 5.29. The summed E-state index contributed by atoms with van der Waals surface area (Å²) in [6, 6.07) is 13.0. The Hall–Kier alpha value is -2.00. The Morgan fingerprint density at radius 2 is 1.95 bits per heavy atom. The third kappa shape index (κ3) is 2.25. The van der Waals surface area contributed by atoms with Crippen molar-refractivity contribution in [2.24, 2.45) is 0 Å². The zero-order chi connectivity index (χ0) is 14.1. The van der Waals surface area contributed by atoms with E-state index in [-0.39, 0.29) is 5.56 Å². The maximum absolute atomic E-state index is 11.4. The number of aromatic carboxylic acids is 1. The van der Waals surface area contributed by atoms with Crippen LogP contribution in [-0.2, 0) is 6.42 Å². The van der Waals surface area contributed by atoms with Crippen LogP contribution in [0.4, 0.5) is 11.4 Å². The molecule has 0 aromatic heterocycles. The highest BCUT2D eigenvalue weighted by Gasteiger charge is 2.22. The standard InChI is InChI=1S/C16H14ClNO2/c17-12-7-8-13(16(19)20)15(10-12)18-9-3-5-11-4-1-2-6-14(11)18/h1-2,4,6-8,10H,3,5,9H2,(H,19,20). The highest BCUT2D eigenvalue weighted by Crippen LogP contribution is 2.36. The molecule has 0 unspecified atom stereocenters. The van der Waals surface area contributed by atoms with Crippen LogP contribution in [-0.4, -0.2) is 17.6 Å². The Kier molecular flexibility index (Phi) is 3.36. The Morgan fingerprint density at radius 3 is 2.75 bits per heavy atom. The number of rotatable bonds is 2. The van der Waals surface area contributed by atoms with Gasteiger partial charge in [0.2, 0.25) is 0 Å². The normalized spacial score (nSPS) is 13.9. The quantitative estimate of drug-likeness (QED) is 0.903. The van der Waals surface area contributed by atoms with Crippen LogP contribution in [0.5, 0.6) is 0 Å². The van der Waals surface area contributed by atoms with E-state index >= 15 is 0 Å². The lowest BCUT2D eigenvalue weighted by Crippen LogP contribution is -2.26. The molecule has 4 heteroatoms. The summed E-state index contributed by atoms with van der Waals surface area (Å²) in [5, 5.41) is 9.91. The fourth-order valence-electron chi connectivity index (χ4n) is 2.69. The van der Waals surface area contributed by atoms with Gasteiger partial charge in [0.25, 0.3) is 0 Å². The molecule has 1 aliphatic heterocycles. The lowest BCUT2D eigenvalue weighted by molar-refractivity contribution is 0.0697. The molecule has 2 aromatic rings. The van der Waals surface area contributed by atoms with Gasteiger partial charge in [0.05, 0.1) is 11.3 Å². The van der Waals surface area contributed by atoms with E-state index in [2.05, 4.69) is 6.07 Å². The number of fused-ring (bicyclic) bond motifs is 1.